The number of sulfonamides is 1. The summed E-state index contributed by atoms with van der Waals surface area (Å²) in [7, 11) is -3.39. The summed E-state index contributed by atoms with van der Waals surface area (Å²) in [5.74, 6) is 0. The van der Waals surface area contributed by atoms with Gasteiger partial charge in [0.25, 0.3) is 0 Å². The molecular formula is C12H20N2O2S2. The molecule has 0 spiro atoms. The van der Waals surface area contributed by atoms with Crippen LogP contribution < -0.4 is 10.5 Å². The minimum absolute atomic E-state index is 0.0333. The number of hydrogen-bond acceptors (Lipinski definition) is 4. The van der Waals surface area contributed by atoms with Crippen molar-refractivity contribution in [2.75, 3.05) is 0 Å². The SMILES string of the molecule is CC1(C)CCCC1NS(=O)(=O)c1cc(CN)cs1. The molecule has 1 atom stereocenters. The second-order valence-electron chi connectivity index (χ2n) is 5.53. The third-order valence-corrected chi connectivity index (χ3v) is 6.64. The molecular weight excluding hydrogens is 268 g/mol. The Bertz CT molecular complexity index is 520. The highest BCUT2D eigenvalue weighted by Gasteiger charge is 2.37. The van der Waals surface area contributed by atoms with E-state index >= 15 is 0 Å². The van der Waals surface area contributed by atoms with E-state index in [0.29, 0.717) is 10.8 Å². The Morgan fingerprint density at radius 1 is 1.56 bits per heavy atom. The molecule has 4 nitrogen and oxygen atoms in total. The second-order valence-corrected chi connectivity index (χ2v) is 8.38. The molecule has 18 heavy (non-hydrogen) atoms. The molecule has 1 aromatic heterocycles. The quantitative estimate of drug-likeness (QED) is 0.891. The summed E-state index contributed by atoms with van der Waals surface area (Å²) in [6, 6.07) is 1.69. The van der Waals surface area contributed by atoms with Gasteiger partial charge in [0.15, 0.2) is 0 Å². The predicted octanol–water partition coefficient (Wildman–Crippen LogP) is 2.06. The summed E-state index contributed by atoms with van der Waals surface area (Å²) in [6.45, 7) is 4.61. The fourth-order valence-corrected chi connectivity index (χ4v) is 5.07. The topological polar surface area (TPSA) is 72.2 Å². The van der Waals surface area contributed by atoms with Gasteiger partial charge in [0, 0.05) is 12.6 Å². The molecule has 0 amide bonds. The summed E-state index contributed by atoms with van der Waals surface area (Å²) < 4.78 is 27.7. The first-order valence-electron chi connectivity index (χ1n) is 6.15. The summed E-state index contributed by atoms with van der Waals surface area (Å²) >= 11 is 1.23. The minimum atomic E-state index is -3.39. The molecule has 0 bridgehead atoms. The average Bonchev–Trinajstić information content (AvgIpc) is 2.86. The van der Waals surface area contributed by atoms with E-state index in [9.17, 15) is 8.42 Å². The number of nitrogens with one attached hydrogen (secondary N) is 1. The van der Waals surface area contributed by atoms with Gasteiger partial charge in [0.05, 0.1) is 0 Å². The van der Waals surface area contributed by atoms with Gasteiger partial charge in [-0.1, -0.05) is 20.3 Å². The molecule has 0 saturated heterocycles. The molecule has 1 aliphatic rings. The number of thiophene rings is 1. The maximum absolute atomic E-state index is 12.3. The molecule has 1 heterocycles. The fourth-order valence-electron chi connectivity index (χ4n) is 2.39. The zero-order valence-corrected chi connectivity index (χ0v) is 12.4. The number of nitrogens with two attached hydrogens (primary N) is 1. The van der Waals surface area contributed by atoms with Gasteiger partial charge < -0.3 is 5.73 Å². The Labute approximate surface area is 113 Å². The smallest absolute Gasteiger partial charge is 0.250 e. The number of hydrogen-bond donors (Lipinski definition) is 2. The first kappa shape index (κ1) is 14.0. The van der Waals surface area contributed by atoms with E-state index in [1.165, 1.54) is 11.3 Å². The molecule has 1 saturated carbocycles. The largest absolute Gasteiger partial charge is 0.326 e. The lowest BCUT2D eigenvalue weighted by molar-refractivity contribution is 0.313. The minimum Gasteiger partial charge on any atom is -0.326 e. The Kier molecular flexibility index (Phi) is 3.82. The summed E-state index contributed by atoms with van der Waals surface area (Å²) in [4.78, 5) is 0. The van der Waals surface area contributed by atoms with E-state index < -0.39 is 10.0 Å². The van der Waals surface area contributed by atoms with Crippen molar-refractivity contribution in [2.45, 2.75) is 49.9 Å². The van der Waals surface area contributed by atoms with Crippen LogP contribution in [-0.4, -0.2) is 14.5 Å². The van der Waals surface area contributed by atoms with Crippen LogP contribution >= 0.6 is 11.3 Å². The second kappa shape index (κ2) is 4.92. The lowest BCUT2D eigenvalue weighted by atomic mass is 9.88. The van der Waals surface area contributed by atoms with Gasteiger partial charge in [0.2, 0.25) is 10.0 Å². The van der Waals surface area contributed by atoms with E-state index in [1.54, 1.807) is 11.4 Å². The Balaban J connectivity index is 2.17. The maximum atomic E-state index is 12.3. The zero-order chi connectivity index (χ0) is 13.4. The van der Waals surface area contributed by atoms with Gasteiger partial charge in [-0.05, 0) is 35.3 Å². The van der Waals surface area contributed by atoms with Crippen molar-refractivity contribution in [1.82, 2.24) is 4.72 Å². The third-order valence-electron chi connectivity index (χ3n) is 3.68. The molecule has 0 aliphatic heterocycles. The number of rotatable bonds is 4. The van der Waals surface area contributed by atoms with Gasteiger partial charge in [-0.3, -0.25) is 0 Å². The summed E-state index contributed by atoms with van der Waals surface area (Å²) in [5, 5.41) is 1.80. The Morgan fingerprint density at radius 2 is 2.28 bits per heavy atom. The van der Waals surface area contributed by atoms with Gasteiger partial charge in [-0.2, -0.15) is 0 Å². The van der Waals surface area contributed by atoms with Crippen LogP contribution in [0.5, 0.6) is 0 Å². The monoisotopic (exact) mass is 288 g/mol. The van der Waals surface area contributed by atoms with Crippen molar-refractivity contribution in [3.8, 4) is 0 Å². The molecule has 102 valence electrons. The van der Waals surface area contributed by atoms with Crippen molar-refractivity contribution in [3.05, 3.63) is 17.0 Å². The molecule has 1 aromatic rings. The normalized spacial score (nSPS) is 23.4. The average molecular weight is 288 g/mol. The van der Waals surface area contributed by atoms with Crippen molar-refractivity contribution in [3.63, 3.8) is 0 Å². The first-order valence-corrected chi connectivity index (χ1v) is 8.51. The highest BCUT2D eigenvalue weighted by Crippen LogP contribution is 2.38. The lowest BCUT2D eigenvalue weighted by Crippen LogP contribution is -2.41. The van der Waals surface area contributed by atoms with E-state index in [4.69, 9.17) is 5.73 Å². The Morgan fingerprint density at radius 3 is 2.78 bits per heavy atom. The zero-order valence-electron chi connectivity index (χ0n) is 10.8. The standard InChI is InChI=1S/C12H20N2O2S2/c1-12(2)5-3-4-10(12)14-18(15,16)11-6-9(7-13)8-17-11/h6,8,10,14H,3-5,7,13H2,1-2H3. The molecule has 1 aliphatic carbocycles. The first-order chi connectivity index (χ1) is 8.35. The summed E-state index contributed by atoms with van der Waals surface area (Å²) in [6.07, 6.45) is 3.07. The van der Waals surface area contributed by atoms with Crippen molar-refractivity contribution in [2.24, 2.45) is 11.1 Å². The van der Waals surface area contributed by atoms with E-state index in [2.05, 4.69) is 18.6 Å². The summed E-state index contributed by atoms with van der Waals surface area (Å²) in [5.41, 5.74) is 6.41. The van der Waals surface area contributed by atoms with Crippen LogP contribution in [0.4, 0.5) is 0 Å². The third kappa shape index (κ3) is 2.77. The highest BCUT2D eigenvalue weighted by molar-refractivity contribution is 7.91. The van der Waals surface area contributed by atoms with Crippen LogP contribution in [0.3, 0.4) is 0 Å². The molecule has 2 rings (SSSR count). The Hall–Kier alpha value is -0.430. The van der Waals surface area contributed by atoms with Crippen LogP contribution in [0.2, 0.25) is 0 Å². The molecule has 6 heteroatoms. The van der Waals surface area contributed by atoms with Gasteiger partial charge >= 0.3 is 0 Å². The van der Waals surface area contributed by atoms with E-state index in [-0.39, 0.29) is 11.5 Å². The van der Waals surface area contributed by atoms with Crippen molar-refractivity contribution >= 4 is 21.4 Å². The maximum Gasteiger partial charge on any atom is 0.250 e. The van der Waals surface area contributed by atoms with Crippen LogP contribution in [0.15, 0.2) is 15.7 Å². The molecule has 0 radical (unpaired) electrons. The fraction of sp³-hybridized carbons (Fsp3) is 0.667. The molecule has 1 unspecified atom stereocenters. The molecule has 0 aromatic carbocycles. The predicted molar refractivity (Wildman–Crippen MR) is 74.0 cm³/mol. The van der Waals surface area contributed by atoms with Gasteiger partial charge in [0.1, 0.15) is 4.21 Å². The molecule has 1 fully saturated rings. The van der Waals surface area contributed by atoms with E-state index in [0.717, 1.165) is 24.8 Å². The van der Waals surface area contributed by atoms with Crippen molar-refractivity contribution < 1.29 is 8.42 Å². The van der Waals surface area contributed by atoms with Crippen LogP contribution in [-0.2, 0) is 16.6 Å². The van der Waals surface area contributed by atoms with Gasteiger partial charge in [-0.15, -0.1) is 11.3 Å². The van der Waals surface area contributed by atoms with E-state index in [1.807, 2.05) is 0 Å². The van der Waals surface area contributed by atoms with Crippen LogP contribution in [0.25, 0.3) is 0 Å². The van der Waals surface area contributed by atoms with Gasteiger partial charge in [-0.25, -0.2) is 13.1 Å². The van der Waals surface area contributed by atoms with Crippen LogP contribution in [0.1, 0.15) is 38.7 Å². The van der Waals surface area contributed by atoms with Crippen LogP contribution in [0, 0.1) is 5.41 Å². The molecule has 3 N–H and O–H groups in total. The lowest BCUT2D eigenvalue weighted by Gasteiger charge is -2.27. The highest BCUT2D eigenvalue weighted by atomic mass is 32.2. The van der Waals surface area contributed by atoms with Crippen molar-refractivity contribution in [1.29, 1.82) is 0 Å².